The van der Waals surface area contributed by atoms with Crippen LogP contribution in [-0.4, -0.2) is 54.4 Å². The van der Waals surface area contributed by atoms with E-state index in [2.05, 4.69) is 30.8 Å². The fourth-order valence-electron chi connectivity index (χ4n) is 1.96. The summed E-state index contributed by atoms with van der Waals surface area (Å²) in [5.74, 6) is 1.76. The van der Waals surface area contributed by atoms with Gasteiger partial charge in [-0.3, -0.25) is 9.98 Å². The van der Waals surface area contributed by atoms with Crippen LogP contribution < -0.4 is 10.6 Å². The lowest BCUT2D eigenvalue weighted by Crippen LogP contribution is -2.44. The average molecular weight is 318 g/mol. The Hall–Kier alpha value is -2.48. The zero-order valence-electron chi connectivity index (χ0n) is 13.6. The van der Waals surface area contributed by atoms with Crippen LogP contribution in [0.3, 0.4) is 0 Å². The molecule has 2 N–H and O–H groups in total. The van der Waals surface area contributed by atoms with E-state index in [1.165, 1.54) is 0 Å². The van der Waals surface area contributed by atoms with E-state index in [1.807, 2.05) is 25.1 Å². The Bertz CT molecular complexity index is 613. The normalized spacial score (nSPS) is 12.9. The van der Waals surface area contributed by atoms with Gasteiger partial charge in [-0.15, -0.1) is 0 Å². The standard InChI is InChI=1S/C15H22N6O2/c1-11(10-22-3)19-15(16-2)18-9-7-13-20-14(23-21-13)12-6-4-5-8-17-12/h4-6,8,11H,7,9-10H2,1-3H3,(H2,16,18,19). The highest BCUT2D eigenvalue weighted by Gasteiger charge is 2.10. The van der Waals surface area contributed by atoms with Crippen molar-refractivity contribution in [2.45, 2.75) is 19.4 Å². The number of aliphatic imine (C=N–C) groups is 1. The van der Waals surface area contributed by atoms with E-state index in [0.29, 0.717) is 42.9 Å². The summed E-state index contributed by atoms with van der Waals surface area (Å²) in [6.45, 7) is 3.27. The largest absolute Gasteiger partial charge is 0.383 e. The third-order valence-electron chi connectivity index (χ3n) is 3.02. The van der Waals surface area contributed by atoms with Crippen LogP contribution in [-0.2, 0) is 11.2 Å². The van der Waals surface area contributed by atoms with Crippen molar-refractivity contribution in [2.24, 2.45) is 4.99 Å². The van der Waals surface area contributed by atoms with E-state index < -0.39 is 0 Å². The minimum atomic E-state index is 0.173. The fraction of sp³-hybridized carbons (Fsp3) is 0.467. The second kappa shape index (κ2) is 8.84. The van der Waals surface area contributed by atoms with Crippen LogP contribution in [0.1, 0.15) is 12.7 Å². The molecule has 0 bridgehead atoms. The molecule has 8 nitrogen and oxygen atoms in total. The Labute approximate surface area is 135 Å². The number of pyridine rings is 1. The minimum absolute atomic E-state index is 0.173. The summed E-state index contributed by atoms with van der Waals surface area (Å²) in [7, 11) is 3.40. The van der Waals surface area contributed by atoms with Crippen molar-refractivity contribution in [2.75, 3.05) is 27.3 Å². The predicted octanol–water partition coefficient (Wildman–Crippen LogP) is 0.874. The number of hydrogen-bond donors (Lipinski definition) is 2. The molecule has 2 heterocycles. The van der Waals surface area contributed by atoms with Gasteiger partial charge in [0.2, 0.25) is 0 Å². The van der Waals surface area contributed by atoms with Crippen LogP contribution in [0.15, 0.2) is 33.9 Å². The number of nitrogens with zero attached hydrogens (tertiary/aromatic N) is 4. The highest BCUT2D eigenvalue weighted by molar-refractivity contribution is 5.79. The molecule has 2 aromatic heterocycles. The van der Waals surface area contributed by atoms with E-state index >= 15 is 0 Å². The van der Waals surface area contributed by atoms with E-state index in [4.69, 9.17) is 9.26 Å². The summed E-state index contributed by atoms with van der Waals surface area (Å²) in [4.78, 5) is 12.7. The number of guanidine groups is 1. The Morgan fingerprint density at radius 3 is 3.00 bits per heavy atom. The molecule has 2 rings (SSSR count). The lowest BCUT2D eigenvalue weighted by atomic mass is 10.3. The third-order valence-corrected chi connectivity index (χ3v) is 3.02. The van der Waals surface area contributed by atoms with Crippen LogP contribution in [0.5, 0.6) is 0 Å². The highest BCUT2D eigenvalue weighted by Crippen LogP contribution is 2.12. The highest BCUT2D eigenvalue weighted by atomic mass is 16.5. The molecule has 0 aliphatic rings. The van der Waals surface area contributed by atoms with Crippen molar-refractivity contribution in [3.05, 3.63) is 30.2 Å². The summed E-state index contributed by atoms with van der Waals surface area (Å²) < 4.78 is 10.3. The summed E-state index contributed by atoms with van der Waals surface area (Å²) in [6, 6.07) is 5.73. The lowest BCUT2D eigenvalue weighted by molar-refractivity contribution is 0.179. The number of nitrogens with one attached hydrogen (secondary N) is 2. The minimum Gasteiger partial charge on any atom is -0.383 e. The van der Waals surface area contributed by atoms with Gasteiger partial charge in [0, 0.05) is 39.4 Å². The molecule has 0 amide bonds. The van der Waals surface area contributed by atoms with Crippen molar-refractivity contribution < 1.29 is 9.26 Å². The first-order chi connectivity index (χ1) is 11.2. The summed E-state index contributed by atoms with van der Waals surface area (Å²) >= 11 is 0. The predicted molar refractivity (Wildman–Crippen MR) is 87.1 cm³/mol. The first-order valence-electron chi connectivity index (χ1n) is 7.43. The molecule has 1 atom stereocenters. The lowest BCUT2D eigenvalue weighted by Gasteiger charge is -2.16. The van der Waals surface area contributed by atoms with E-state index in [0.717, 1.165) is 0 Å². The molecule has 0 saturated carbocycles. The molecule has 0 aliphatic carbocycles. The zero-order valence-corrected chi connectivity index (χ0v) is 13.6. The molecule has 0 aromatic carbocycles. The van der Waals surface area contributed by atoms with Crippen LogP contribution in [0.2, 0.25) is 0 Å². The van der Waals surface area contributed by atoms with Gasteiger partial charge in [-0.25, -0.2) is 0 Å². The quantitative estimate of drug-likeness (QED) is 0.577. The van der Waals surface area contributed by atoms with Gasteiger partial charge >= 0.3 is 0 Å². The van der Waals surface area contributed by atoms with E-state index in [-0.39, 0.29) is 6.04 Å². The van der Waals surface area contributed by atoms with Gasteiger partial charge in [-0.1, -0.05) is 11.2 Å². The SMILES string of the molecule is CN=C(NCCc1noc(-c2ccccn2)n1)NC(C)COC. The Morgan fingerprint density at radius 1 is 1.43 bits per heavy atom. The van der Waals surface area contributed by atoms with Gasteiger partial charge in [0.25, 0.3) is 5.89 Å². The average Bonchev–Trinajstić information content (AvgIpc) is 3.04. The van der Waals surface area contributed by atoms with Gasteiger partial charge in [0.1, 0.15) is 5.69 Å². The number of aromatic nitrogens is 3. The first kappa shape index (κ1) is 16.9. The van der Waals surface area contributed by atoms with Crippen molar-refractivity contribution in [1.29, 1.82) is 0 Å². The molecule has 0 saturated heterocycles. The molecule has 0 radical (unpaired) electrons. The molecule has 0 fully saturated rings. The fourth-order valence-corrected chi connectivity index (χ4v) is 1.96. The molecule has 1 unspecified atom stereocenters. The zero-order chi connectivity index (χ0) is 16.5. The van der Waals surface area contributed by atoms with Gasteiger partial charge in [-0.05, 0) is 19.1 Å². The number of hydrogen-bond acceptors (Lipinski definition) is 6. The van der Waals surface area contributed by atoms with Crippen molar-refractivity contribution in [3.8, 4) is 11.6 Å². The smallest absolute Gasteiger partial charge is 0.276 e. The third kappa shape index (κ3) is 5.33. The Kier molecular flexibility index (Phi) is 6.49. The summed E-state index contributed by atoms with van der Waals surface area (Å²) in [5, 5.41) is 10.4. The van der Waals surface area contributed by atoms with Crippen LogP contribution in [0.25, 0.3) is 11.6 Å². The van der Waals surface area contributed by atoms with E-state index in [9.17, 15) is 0 Å². The number of rotatable bonds is 7. The first-order valence-corrected chi connectivity index (χ1v) is 7.43. The molecule has 0 aliphatic heterocycles. The molecule has 0 spiro atoms. The summed E-state index contributed by atoms with van der Waals surface area (Å²) in [5.41, 5.74) is 0.671. The van der Waals surface area contributed by atoms with Crippen LogP contribution >= 0.6 is 0 Å². The second-order valence-corrected chi connectivity index (χ2v) is 4.98. The molecule has 2 aromatic rings. The maximum Gasteiger partial charge on any atom is 0.276 e. The van der Waals surface area contributed by atoms with Crippen molar-refractivity contribution in [3.63, 3.8) is 0 Å². The van der Waals surface area contributed by atoms with E-state index in [1.54, 1.807) is 20.4 Å². The Morgan fingerprint density at radius 2 is 2.30 bits per heavy atom. The van der Waals surface area contributed by atoms with Crippen LogP contribution in [0, 0.1) is 0 Å². The molecule has 124 valence electrons. The van der Waals surface area contributed by atoms with Crippen molar-refractivity contribution >= 4 is 5.96 Å². The maximum absolute atomic E-state index is 5.22. The monoisotopic (exact) mass is 318 g/mol. The van der Waals surface area contributed by atoms with Gasteiger partial charge in [0.05, 0.1) is 6.61 Å². The van der Waals surface area contributed by atoms with Gasteiger partial charge in [-0.2, -0.15) is 4.98 Å². The molecule has 8 heteroatoms. The summed E-state index contributed by atoms with van der Waals surface area (Å²) in [6.07, 6.45) is 2.31. The van der Waals surface area contributed by atoms with Gasteiger partial charge < -0.3 is 19.9 Å². The Balaban J connectivity index is 1.81. The second-order valence-electron chi connectivity index (χ2n) is 4.98. The van der Waals surface area contributed by atoms with Crippen LogP contribution in [0.4, 0.5) is 0 Å². The maximum atomic E-state index is 5.22. The molecular formula is C15H22N6O2. The molecular weight excluding hydrogens is 296 g/mol. The number of methoxy groups -OCH3 is 1. The molecule has 23 heavy (non-hydrogen) atoms. The number of ether oxygens (including phenoxy) is 1. The van der Waals surface area contributed by atoms with Gasteiger partial charge in [0.15, 0.2) is 11.8 Å². The topological polar surface area (TPSA) is 97.5 Å². The van der Waals surface area contributed by atoms with Crippen molar-refractivity contribution in [1.82, 2.24) is 25.8 Å².